The van der Waals surface area contributed by atoms with E-state index in [1.807, 2.05) is 16.7 Å². The van der Waals surface area contributed by atoms with E-state index in [1.165, 1.54) is 12.1 Å². The molecular formula is C17H17N3O4S. The molecule has 0 saturated carbocycles. The van der Waals surface area contributed by atoms with Crippen LogP contribution in [0.5, 0.6) is 11.5 Å². The van der Waals surface area contributed by atoms with Gasteiger partial charge in [-0.3, -0.25) is 4.57 Å². The Bertz CT molecular complexity index is 995. The zero-order chi connectivity index (χ0) is 18.0. The average molecular weight is 359 g/mol. The summed E-state index contributed by atoms with van der Waals surface area (Å²) in [6, 6.07) is 11.8. The van der Waals surface area contributed by atoms with Crippen LogP contribution in [0.25, 0.3) is 17.1 Å². The second-order valence-corrected chi connectivity index (χ2v) is 6.76. The van der Waals surface area contributed by atoms with Crippen LogP contribution in [-0.4, -0.2) is 32.2 Å². The van der Waals surface area contributed by atoms with E-state index in [0.717, 1.165) is 11.3 Å². The molecule has 0 aliphatic carbocycles. The van der Waals surface area contributed by atoms with Crippen molar-refractivity contribution in [2.45, 2.75) is 4.90 Å². The summed E-state index contributed by atoms with van der Waals surface area (Å²) in [5.74, 6) is 1.80. The second-order valence-electron chi connectivity index (χ2n) is 5.20. The molecule has 130 valence electrons. The number of rotatable bonds is 5. The average Bonchev–Trinajstić information content (AvgIpc) is 3.09. The Morgan fingerprint density at radius 2 is 1.76 bits per heavy atom. The number of ether oxygens (including phenoxy) is 2. The van der Waals surface area contributed by atoms with E-state index >= 15 is 0 Å². The number of sulfonamides is 1. The molecule has 0 radical (unpaired) electrons. The maximum absolute atomic E-state index is 11.4. The third-order valence-corrected chi connectivity index (χ3v) is 4.66. The molecule has 1 heterocycles. The van der Waals surface area contributed by atoms with Gasteiger partial charge in [-0.1, -0.05) is 6.07 Å². The number of nitrogens with zero attached hydrogens (tertiary/aromatic N) is 2. The minimum atomic E-state index is -3.73. The van der Waals surface area contributed by atoms with Gasteiger partial charge in [-0.15, -0.1) is 0 Å². The molecule has 0 fully saturated rings. The number of primary sulfonamides is 1. The molecule has 2 N–H and O–H groups in total. The summed E-state index contributed by atoms with van der Waals surface area (Å²) in [4.78, 5) is 4.46. The van der Waals surface area contributed by atoms with Crippen LogP contribution in [0.15, 0.2) is 59.8 Å². The van der Waals surface area contributed by atoms with Crippen molar-refractivity contribution in [3.8, 4) is 28.6 Å². The summed E-state index contributed by atoms with van der Waals surface area (Å²) in [5.41, 5.74) is 1.49. The number of imidazole rings is 1. The highest BCUT2D eigenvalue weighted by molar-refractivity contribution is 7.89. The van der Waals surface area contributed by atoms with Gasteiger partial charge in [0.2, 0.25) is 10.0 Å². The Balaban J connectivity index is 2.11. The molecule has 0 amide bonds. The Labute approximate surface area is 145 Å². The molecule has 3 aromatic rings. The third-order valence-electron chi connectivity index (χ3n) is 3.73. The van der Waals surface area contributed by atoms with E-state index in [4.69, 9.17) is 14.6 Å². The lowest BCUT2D eigenvalue weighted by Crippen LogP contribution is -2.12. The van der Waals surface area contributed by atoms with Gasteiger partial charge >= 0.3 is 0 Å². The Morgan fingerprint density at radius 1 is 1.04 bits per heavy atom. The molecule has 0 bridgehead atoms. The minimum Gasteiger partial charge on any atom is -0.493 e. The smallest absolute Gasteiger partial charge is 0.238 e. The van der Waals surface area contributed by atoms with Gasteiger partial charge < -0.3 is 9.47 Å². The first-order valence-electron chi connectivity index (χ1n) is 7.33. The molecule has 3 rings (SSSR count). The molecule has 25 heavy (non-hydrogen) atoms. The van der Waals surface area contributed by atoms with Crippen molar-refractivity contribution in [1.29, 1.82) is 0 Å². The summed E-state index contributed by atoms with van der Waals surface area (Å²) in [6.07, 6.45) is 3.43. The van der Waals surface area contributed by atoms with Gasteiger partial charge in [0.15, 0.2) is 11.5 Å². The number of aromatic nitrogens is 2. The van der Waals surface area contributed by atoms with Gasteiger partial charge in [0.25, 0.3) is 0 Å². The number of benzene rings is 2. The van der Waals surface area contributed by atoms with Gasteiger partial charge in [-0.05, 0) is 36.4 Å². The largest absolute Gasteiger partial charge is 0.493 e. The van der Waals surface area contributed by atoms with Crippen molar-refractivity contribution in [2.24, 2.45) is 5.14 Å². The lowest BCUT2D eigenvalue weighted by molar-refractivity contribution is 0.356. The van der Waals surface area contributed by atoms with Crippen molar-refractivity contribution >= 4 is 10.0 Å². The van der Waals surface area contributed by atoms with Crippen molar-refractivity contribution in [3.63, 3.8) is 0 Å². The van der Waals surface area contributed by atoms with E-state index in [1.54, 1.807) is 44.8 Å². The Hall–Kier alpha value is -2.84. The van der Waals surface area contributed by atoms with Gasteiger partial charge in [-0.2, -0.15) is 0 Å². The highest BCUT2D eigenvalue weighted by atomic mass is 32.2. The molecule has 0 aliphatic rings. The maximum atomic E-state index is 11.4. The van der Waals surface area contributed by atoms with Crippen LogP contribution in [0.2, 0.25) is 0 Å². The van der Waals surface area contributed by atoms with Crippen molar-refractivity contribution in [2.75, 3.05) is 14.2 Å². The van der Waals surface area contributed by atoms with E-state index < -0.39 is 10.0 Å². The second kappa shape index (κ2) is 6.58. The van der Waals surface area contributed by atoms with Gasteiger partial charge in [0, 0.05) is 18.1 Å². The van der Waals surface area contributed by atoms with Crippen molar-refractivity contribution in [3.05, 3.63) is 54.9 Å². The van der Waals surface area contributed by atoms with E-state index in [2.05, 4.69) is 4.98 Å². The predicted molar refractivity (Wildman–Crippen MR) is 93.5 cm³/mol. The predicted octanol–water partition coefficient (Wildman–Crippen LogP) is 2.20. The van der Waals surface area contributed by atoms with Crippen LogP contribution in [-0.2, 0) is 10.0 Å². The summed E-state index contributed by atoms with van der Waals surface area (Å²) < 4.78 is 35.4. The van der Waals surface area contributed by atoms with Crippen LogP contribution in [0.3, 0.4) is 0 Å². The lowest BCUT2D eigenvalue weighted by Gasteiger charge is -2.14. The zero-order valence-electron chi connectivity index (χ0n) is 13.7. The van der Waals surface area contributed by atoms with Crippen LogP contribution in [0.1, 0.15) is 0 Å². The van der Waals surface area contributed by atoms with Crippen LogP contribution >= 0.6 is 0 Å². The lowest BCUT2D eigenvalue weighted by atomic mass is 10.1. The number of hydrogen-bond acceptors (Lipinski definition) is 5. The molecule has 8 heteroatoms. The molecule has 0 saturated heterocycles. The normalized spacial score (nSPS) is 11.3. The number of hydrogen-bond donors (Lipinski definition) is 1. The summed E-state index contributed by atoms with van der Waals surface area (Å²) in [7, 11) is -0.597. The fourth-order valence-electron chi connectivity index (χ4n) is 2.57. The van der Waals surface area contributed by atoms with E-state index in [-0.39, 0.29) is 4.90 Å². The quantitative estimate of drug-likeness (QED) is 0.753. The molecule has 0 spiro atoms. The minimum absolute atomic E-state index is 0.0527. The summed E-state index contributed by atoms with van der Waals surface area (Å²) in [5, 5.41) is 5.14. The van der Waals surface area contributed by atoms with Gasteiger partial charge in [0.1, 0.15) is 5.82 Å². The molecule has 0 atom stereocenters. The molecule has 7 nitrogen and oxygen atoms in total. The number of para-hydroxylation sites is 1. The first-order valence-corrected chi connectivity index (χ1v) is 8.88. The Kier molecular flexibility index (Phi) is 4.47. The van der Waals surface area contributed by atoms with E-state index in [0.29, 0.717) is 17.3 Å². The van der Waals surface area contributed by atoms with Gasteiger partial charge in [-0.25, -0.2) is 18.5 Å². The maximum Gasteiger partial charge on any atom is 0.238 e. The van der Waals surface area contributed by atoms with Crippen molar-refractivity contribution < 1.29 is 17.9 Å². The van der Waals surface area contributed by atoms with Crippen LogP contribution < -0.4 is 14.6 Å². The Morgan fingerprint density at radius 3 is 2.36 bits per heavy atom. The SMILES string of the molecule is COc1cccc(-c2nccn2-c2ccc(S(N)(=O)=O)cc2)c1OC. The summed E-state index contributed by atoms with van der Waals surface area (Å²) in [6.45, 7) is 0. The highest BCUT2D eigenvalue weighted by Gasteiger charge is 2.17. The third kappa shape index (κ3) is 3.21. The number of nitrogens with two attached hydrogens (primary N) is 1. The standard InChI is InChI=1S/C17H17N3O4S/c1-23-15-5-3-4-14(16(15)24-2)17-19-10-11-20(17)12-6-8-13(9-7-12)25(18,21)22/h3-11H,1-2H3,(H2,18,21,22). The number of methoxy groups -OCH3 is 2. The van der Waals surface area contributed by atoms with Crippen molar-refractivity contribution in [1.82, 2.24) is 9.55 Å². The van der Waals surface area contributed by atoms with E-state index in [9.17, 15) is 8.42 Å². The topological polar surface area (TPSA) is 96.4 Å². The monoisotopic (exact) mass is 359 g/mol. The summed E-state index contributed by atoms with van der Waals surface area (Å²) >= 11 is 0. The molecule has 1 aromatic heterocycles. The zero-order valence-corrected chi connectivity index (χ0v) is 14.5. The fraction of sp³-hybridized carbons (Fsp3) is 0.118. The molecule has 0 aliphatic heterocycles. The first-order chi connectivity index (χ1) is 12.0. The molecular weight excluding hydrogens is 342 g/mol. The van der Waals surface area contributed by atoms with Crippen LogP contribution in [0.4, 0.5) is 0 Å². The highest BCUT2D eigenvalue weighted by Crippen LogP contribution is 2.37. The van der Waals surface area contributed by atoms with Crippen LogP contribution in [0, 0.1) is 0 Å². The first kappa shape index (κ1) is 17.0. The molecule has 2 aromatic carbocycles. The molecule has 0 unspecified atom stereocenters. The van der Waals surface area contributed by atoms with Gasteiger partial charge in [0.05, 0.1) is 24.7 Å². The fourth-order valence-corrected chi connectivity index (χ4v) is 3.09.